The first-order valence-corrected chi connectivity index (χ1v) is 4.90. The zero-order valence-electron chi connectivity index (χ0n) is 7.61. The maximum atomic E-state index is 11.2. The number of aliphatic hydroxyl groups excluding tert-OH is 1. The predicted octanol–water partition coefficient (Wildman–Crippen LogP) is 0.742. The third kappa shape index (κ3) is 1.63. The monoisotopic (exact) mass is 185 g/mol. The number of aliphatic hydroxyl groups is 1. The van der Waals surface area contributed by atoms with Gasteiger partial charge >= 0.3 is 6.09 Å². The van der Waals surface area contributed by atoms with E-state index < -0.39 is 6.10 Å². The molecule has 0 saturated carbocycles. The van der Waals surface area contributed by atoms with Crippen molar-refractivity contribution in [2.75, 3.05) is 13.2 Å². The molecular weight excluding hydrogens is 170 g/mol. The molecule has 13 heavy (non-hydrogen) atoms. The van der Waals surface area contributed by atoms with Gasteiger partial charge in [-0.3, -0.25) is 4.90 Å². The zero-order valence-corrected chi connectivity index (χ0v) is 7.61. The topological polar surface area (TPSA) is 49.8 Å². The van der Waals surface area contributed by atoms with Crippen LogP contribution in [0.3, 0.4) is 0 Å². The number of carbonyl (C=O) groups is 1. The van der Waals surface area contributed by atoms with Gasteiger partial charge < -0.3 is 9.84 Å². The van der Waals surface area contributed by atoms with Crippen molar-refractivity contribution >= 4 is 6.09 Å². The largest absolute Gasteiger partial charge is 0.447 e. The van der Waals surface area contributed by atoms with Crippen molar-refractivity contribution in [1.82, 2.24) is 4.90 Å². The fourth-order valence-corrected chi connectivity index (χ4v) is 2.05. The minimum Gasteiger partial charge on any atom is -0.447 e. The molecule has 2 aliphatic rings. The summed E-state index contributed by atoms with van der Waals surface area (Å²) in [5, 5.41) is 9.73. The highest BCUT2D eigenvalue weighted by Crippen LogP contribution is 2.22. The first-order chi connectivity index (χ1) is 6.29. The molecule has 0 aromatic carbocycles. The minimum absolute atomic E-state index is 0.0900. The van der Waals surface area contributed by atoms with Crippen molar-refractivity contribution in [2.24, 2.45) is 0 Å². The molecule has 2 aliphatic heterocycles. The van der Waals surface area contributed by atoms with E-state index in [1.807, 2.05) is 0 Å². The molecule has 0 unspecified atom stereocenters. The summed E-state index contributed by atoms with van der Waals surface area (Å²) in [6.45, 7) is 1.10. The lowest BCUT2D eigenvalue weighted by Crippen LogP contribution is -2.43. The van der Waals surface area contributed by atoms with Crippen LogP contribution >= 0.6 is 0 Å². The van der Waals surface area contributed by atoms with Gasteiger partial charge in [0, 0.05) is 6.54 Å². The molecule has 0 spiro atoms. The second-order valence-electron chi connectivity index (χ2n) is 3.75. The van der Waals surface area contributed by atoms with Gasteiger partial charge in [-0.25, -0.2) is 4.79 Å². The molecule has 0 radical (unpaired) electrons. The maximum Gasteiger partial charge on any atom is 0.410 e. The Labute approximate surface area is 77.5 Å². The van der Waals surface area contributed by atoms with E-state index in [1.54, 1.807) is 4.90 Å². The van der Waals surface area contributed by atoms with Gasteiger partial charge in [0.2, 0.25) is 0 Å². The van der Waals surface area contributed by atoms with Crippen LogP contribution in [0, 0.1) is 0 Å². The third-order valence-electron chi connectivity index (χ3n) is 2.86. The summed E-state index contributed by atoms with van der Waals surface area (Å²) < 4.78 is 4.91. The van der Waals surface area contributed by atoms with Gasteiger partial charge in [-0.2, -0.15) is 0 Å². The first-order valence-electron chi connectivity index (χ1n) is 4.90. The van der Waals surface area contributed by atoms with Crippen molar-refractivity contribution in [3.05, 3.63) is 0 Å². The number of rotatable bonds is 0. The number of amides is 1. The number of fused-ring (bicyclic) bond motifs is 1. The van der Waals surface area contributed by atoms with Crippen LogP contribution in [0.5, 0.6) is 0 Å². The van der Waals surface area contributed by atoms with E-state index in [0.717, 1.165) is 32.2 Å². The first kappa shape index (κ1) is 8.81. The summed E-state index contributed by atoms with van der Waals surface area (Å²) in [5.41, 5.74) is 0. The lowest BCUT2D eigenvalue weighted by atomic mass is 10.0. The molecule has 2 rings (SSSR count). The van der Waals surface area contributed by atoms with Crippen LogP contribution in [0.15, 0.2) is 0 Å². The van der Waals surface area contributed by atoms with Crippen LogP contribution in [0.1, 0.15) is 25.7 Å². The standard InChI is InChI=1S/C9H15NO3/c11-8-4-2-1-3-5-10-7(8)6-13-9(10)12/h7-8,11H,1-6H2/t7-,8+/m1/s1. The second-order valence-corrected chi connectivity index (χ2v) is 3.75. The lowest BCUT2D eigenvalue weighted by molar-refractivity contribution is 0.0687. The number of ether oxygens (including phenoxy) is 1. The van der Waals surface area contributed by atoms with E-state index in [0.29, 0.717) is 6.61 Å². The molecule has 2 fully saturated rings. The van der Waals surface area contributed by atoms with E-state index in [2.05, 4.69) is 0 Å². The Morgan fingerprint density at radius 2 is 2.23 bits per heavy atom. The molecule has 2 atom stereocenters. The Morgan fingerprint density at radius 1 is 1.38 bits per heavy atom. The highest BCUT2D eigenvalue weighted by molar-refractivity contribution is 5.70. The molecular formula is C9H15NO3. The quantitative estimate of drug-likeness (QED) is 0.605. The van der Waals surface area contributed by atoms with Gasteiger partial charge in [0.25, 0.3) is 0 Å². The number of carbonyl (C=O) groups excluding carboxylic acids is 1. The Kier molecular flexibility index (Phi) is 2.40. The lowest BCUT2D eigenvalue weighted by Gasteiger charge is -2.27. The van der Waals surface area contributed by atoms with Gasteiger partial charge in [0.15, 0.2) is 0 Å². The minimum atomic E-state index is -0.397. The average Bonchev–Trinajstić information content (AvgIpc) is 2.43. The van der Waals surface area contributed by atoms with Crippen LogP contribution < -0.4 is 0 Å². The highest BCUT2D eigenvalue weighted by atomic mass is 16.6. The normalized spacial score (nSPS) is 34.8. The summed E-state index contributed by atoms with van der Waals surface area (Å²) in [5.74, 6) is 0. The molecule has 74 valence electrons. The summed E-state index contributed by atoms with van der Waals surface area (Å²) in [6.07, 6.45) is 3.31. The SMILES string of the molecule is O=C1OC[C@@H]2[C@@H](O)CCCCCN12. The van der Waals surface area contributed by atoms with Crippen LogP contribution in [0.25, 0.3) is 0 Å². The Hall–Kier alpha value is -0.770. The molecule has 0 aromatic rings. The fraction of sp³-hybridized carbons (Fsp3) is 0.889. The van der Waals surface area contributed by atoms with Gasteiger partial charge in [0.1, 0.15) is 6.61 Å². The van der Waals surface area contributed by atoms with Gasteiger partial charge in [-0.1, -0.05) is 12.8 Å². The molecule has 4 nitrogen and oxygen atoms in total. The van der Waals surface area contributed by atoms with E-state index in [9.17, 15) is 9.90 Å². The summed E-state index contributed by atoms with van der Waals surface area (Å²) in [7, 11) is 0. The smallest absolute Gasteiger partial charge is 0.410 e. The van der Waals surface area contributed by atoms with Crippen LogP contribution in [-0.4, -0.2) is 41.4 Å². The van der Waals surface area contributed by atoms with Crippen molar-refractivity contribution in [3.8, 4) is 0 Å². The predicted molar refractivity (Wildman–Crippen MR) is 46.3 cm³/mol. The molecule has 0 aromatic heterocycles. The van der Waals surface area contributed by atoms with Crippen molar-refractivity contribution in [1.29, 1.82) is 0 Å². The Morgan fingerprint density at radius 3 is 3.08 bits per heavy atom. The van der Waals surface area contributed by atoms with E-state index >= 15 is 0 Å². The number of hydrogen-bond acceptors (Lipinski definition) is 3. The van der Waals surface area contributed by atoms with Crippen molar-refractivity contribution < 1.29 is 14.6 Å². The fourth-order valence-electron chi connectivity index (χ4n) is 2.05. The Bertz CT molecular complexity index is 207. The maximum absolute atomic E-state index is 11.2. The van der Waals surface area contributed by atoms with Gasteiger partial charge in [-0.15, -0.1) is 0 Å². The third-order valence-corrected chi connectivity index (χ3v) is 2.86. The molecule has 1 N–H and O–H groups in total. The molecule has 4 heteroatoms. The highest BCUT2D eigenvalue weighted by Gasteiger charge is 2.37. The number of nitrogens with zero attached hydrogens (tertiary/aromatic N) is 1. The Balaban J connectivity index is 2.07. The molecule has 2 heterocycles. The van der Waals surface area contributed by atoms with Crippen molar-refractivity contribution in [2.45, 2.75) is 37.8 Å². The van der Waals surface area contributed by atoms with Crippen molar-refractivity contribution in [3.63, 3.8) is 0 Å². The summed E-state index contributed by atoms with van der Waals surface area (Å²) in [4.78, 5) is 12.9. The van der Waals surface area contributed by atoms with Gasteiger partial charge in [0.05, 0.1) is 12.1 Å². The zero-order chi connectivity index (χ0) is 9.26. The van der Waals surface area contributed by atoms with Gasteiger partial charge in [-0.05, 0) is 12.8 Å². The summed E-state index contributed by atoms with van der Waals surface area (Å²) >= 11 is 0. The second kappa shape index (κ2) is 3.54. The molecule has 0 aliphatic carbocycles. The molecule has 1 amide bonds. The molecule has 0 bridgehead atoms. The number of hydrogen-bond donors (Lipinski definition) is 1. The summed E-state index contributed by atoms with van der Waals surface area (Å²) in [6, 6.07) is -0.0900. The van der Waals surface area contributed by atoms with Crippen LogP contribution in [0.4, 0.5) is 4.79 Å². The molecule has 2 saturated heterocycles. The van der Waals surface area contributed by atoms with E-state index in [4.69, 9.17) is 4.74 Å². The van der Waals surface area contributed by atoms with Crippen LogP contribution in [-0.2, 0) is 4.74 Å². The van der Waals surface area contributed by atoms with E-state index in [1.165, 1.54) is 0 Å². The van der Waals surface area contributed by atoms with Crippen LogP contribution in [0.2, 0.25) is 0 Å². The van der Waals surface area contributed by atoms with E-state index in [-0.39, 0.29) is 12.1 Å². The average molecular weight is 185 g/mol. The number of cyclic esters (lactones) is 1.